The molecule has 30 heavy (non-hydrogen) atoms. The number of thiophene rings is 1. The Morgan fingerprint density at radius 1 is 1.00 bits per heavy atom. The summed E-state index contributed by atoms with van der Waals surface area (Å²) in [5.41, 5.74) is 1.92. The van der Waals surface area contributed by atoms with E-state index in [4.69, 9.17) is 0 Å². The summed E-state index contributed by atoms with van der Waals surface area (Å²) in [6.07, 6.45) is 7.82. The van der Waals surface area contributed by atoms with Gasteiger partial charge in [0.2, 0.25) is 0 Å². The van der Waals surface area contributed by atoms with Gasteiger partial charge in [0.25, 0.3) is 5.91 Å². The third kappa shape index (κ3) is 5.71. The van der Waals surface area contributed by atoms with Crippen molar-refractivity contribution in [2.75, 3.05) is 39.3 Å². The molecule has 2 saturated heterocycles. The summed E-state index contributed by atoms with van der Waals surface area (Å²) in [4.78, 5) is 20.3. The predicted octanol–water partition coefficient (Wildman–Crippen LogP) is 4.79. The Balaban J connectivity index is 1.14. The highest BCUT2D eigenvalue weighted by molar-refractivity contribution is 7.15. The Bertz CT molecular complexity index is 802. The molecule has 0 aliphatic carbocycles. The zero-order chi connectivity index (χ0) is 20.8. The first-order valence-corrected chi connectivity index (χ1v) is 12.4. The SMILES string of the molecule is Cc1ccc(-c2ccc(C(=O)NCCCN3CCC(N4CCCCC4)CC3)cc2)s1. The van der Waals surface area contributed by atoms with E-state index in [1.54, 1.807) is 11.3 Å². The quantitative estimate of drug-likeness (QED) is 0.648. The molecular formula is C25H35N3OS. The average molecular weight is 426 g/mol. The Morgan fingerprint density at radius 2 is 1.73 bits per heavy atom. The van der Waals surface area contributed by atoms with E-state index in [-0.39, 0.29) is 5.91 Å². The van der Waals surface area contributed by atoms with Crippen LogP contribution in [0.2, 0.25) is 0 Å². The number of carbonyl (C=O) groups is 1. The molecular weight excluding hydrogens is 390 g/mol. The van der Waals surface area contributed by atoms with Gasteiger partial charge in [-0.05, 0) is 102 Å². The molecule has 162 valence electrons. The van der Waals surface area contributed by atoms with Crippen LogP contribution in [-0.2, 0) is 0 Å². The number of hydrogen-bond acceptors (Lipinski definition) is 4. The summed E-state index contributed by atoms with van der Waals surface area (Å²) in [6.45, 7) is 8.99. The Hall–Kier alpha value is -1.69. The Morgan fingerprint density at radius 3 is 2.40 bits per heavy atom. The fraction of sp³-hybridized carbons (Fsp3) is 0.560. The molecule has 1 aromatic carbocycles. The monoisotopic (exact) mass is 425 g/mol. The van der Waals surface area contributed by atoms with Gasteiger partial charge in [0.1, 0.15) is 0 Å². The van der Waals surface area contributed by atoms with Gasteiger partial charge >= 0.3 is 0 Å². The first-order valence-electron chi connectivity index (χ1n) is 11.6. The van der Waals surface area contributed by atoms with Gasteiger partial charge in [-0.1, -0.05) is 18.6 Å². The van der Waals surface area contributed by atoms with E-state index in [9.17, 15) is 4.79 Å². The van der Waals surface area contributed by atoms with Gasteiger partial charge < -0.3 is 15.1 Å². The molecule has 5 heteroatoms. The highest BCUT2D eigenvalue weighted by Crippen LogP contribution is 2.27. The van der Waals surface area contributed by atoms with Crippen LogP contribution in [0.15, 0.2) is 36.4 Å². The molecule has 3 heterocycles. The van der Waals surface area contributed by atoms with Gasteiger partial charge in [0, 0.05) is 27.9 Å². The second-order valence-corrected chi connectivity index (χ2v) is 10.1. The van der Waals surface area contributed by atoms with Gasteiger partial charge in [-0.15, -0.1) is 11.3 Å². The molecule has 2 aliphatic rings. The van der Waals surface area contributed by atoms with E-state index in [2.05, 4.69) is 34.2 Å². The van der Waals surface area contributed by atoms with Crippen LogP contribution in [0.5, 0.6) is 0 Å². The van der Waals surface area contributed by atoms with E-state index in [1.165, 1.54) is 73.6 Å². The van der Waals surface area contributed by atoms with Crippen molar-refractivity contribution in [3.63, 3.8) is 0 Å². The zero-order valence-electron chi connectivity index (χ0n) is 18.2. The van der Waals surface area contributed by atoms with Crippen LogP contribution in [0.25, 0.3) is 10.4 Å². The number of amides is 1. The van der Waals surface area contributed by atoms with Crippen LogP contribution in [0.1, 0.15) is 53.8 Å². The van der Waals surface area contributed by atoms with Gasteiger partial charge in [0.05, 0.1) is 0 Å². The van der Waals surface area contributed by atoms with Gasteiger partial charge in [-0.2, -0.15) is 0 Å². The number of aryl methyl sites for hydroxylation is 1. The first-order chi connectivity index (χ1) is 14.7. The number of carbonyl (C=O) groups excluding carboxylic acids is 1. The van der Waals surface area contributed by atoms with E-state index < -0.39 is 0 Å². The van der Waals surface area contributed by atoms with Crippen molar-refractivity contribution in [1.82, 2.24) is 15.1 Å². The molecule has 2 aliphatic heterocycles. The van der Waals surface area contributed by atoms with Crippen LogP contribution in [0, 0.1) is 6.92 Å². The lowest BCUT2D eigenvalue weighted by Crippen LogP contribution is -2.47. The molecule has 0 radical (unpaired) electrons. The summed E-state index contributed by atoms with van der Waals surface area (Å²) in [5, 5.41) is 3.09. The third-order valence-corrected chi connectivity index (χ3v) is 7.62. The lowest BCUT2D eigenvalue weighted by Gasteiger charge is -2.40. The molecule has 2 aromatic rings. The summed E-state index contributed by atoms with van der Waals surface area (Å²) >= 11 is 1.79. The molecule has 0 saturated carbocycles. The van der Waals surface area contributed by atoms with Crippen molar-refractivity contribution >= 4 is 17.2 Å². The molecule has 0 bridgehead atoms. The number of benzene rings is 1. The van der Waals surface area contributed by atoms with E-state index in [1.807, 2.05) is 24.3 Å². The number of rotatable bonds is 7. The lowest BCUT2D eigenvalue weighted by molar-refractivity contribution is 0.0903. The Kier molecular flexibility index (Phi) is 7.58. The highest BCUT2D eigenvalue weighted by atomic mass is 32.1. The van der Waals surface area contributed by atoms with Gasteiger partial charge in [-0.25, -0.2) is 0 Å². The highest BCUT2D eigenvalue weighted by Gasteiger charge is 2.25. The molecule has 0 unspecified atom stereocenters. The van der Waals surface area contributed by atoms with E-state index in [0.717, 1.165) is 31.1 Å². The van der Waals surface area contributed by atoms with E-state index >= 15 is 0 Å². The summed E-state index contributed by atoms with van der Waals surface area (Å²) in [7, 11) is 0. The van der Waals surface area contributed by atoms with Crippen molar-refractivity contribution in [3.05, 3.63) is 46.8 Å². The number of nitrogens with one attached hydrogen (secondary N) is 1. The van der Waals surface area contributed by atoms with Gasteiger partial charge in [0.15, 0.2) is 0 Å². The molecule has 4 nitrogen and oxygen atoms in total. The summed E-state index contributed by atoms with van der Waals surface area (Å²) in [6, 6.07) is 13.1. The minimum absolute atomic E-state index is 0.0349. The second-order valence-electron chi connectivity index (χ2n) is 8.77. The molecule has 1 aromatic heterocycles. The first kappa shape index (κ1) is 21.5. The topological polar surface area (TPSA) is 35.6 Å². The minimum atomic E-state index is 0.0349. The molecule has 1 N–H and O–H groups in total. The van der Waals surface area contributed by atoms with Gasteiger partial charge in [-0.3, -0.25) is 4.79 Å². The molecule has 2 fully saturated rings. The van der Waals surface area contributed by atoms with Crippen LogP contribution >= 0.6 is 11.3 Å². The van der Waals surface area contributed by atoms with Crippen molar-refractivity contribution in [1.29, 1.82) is 0 Å². The maximum atomic E-state index is 12.4. The van der Waals surface area contributed by atoms with Crippen LogP contribution in [0.4, 0.5) is 0 Å². The van der Waals surface area contributed by atoms with Crippen LogP contribution in [0.3, 0.4) is 0 Å². The largest absolute Gasteiger partial charge is 0.352 e. The average Bonchev–Trinajstić information content (AvgIpc) is 3.24. The van der Waals surface area contributed by atoms with Crippen LogP contribution < -0.4 is 5.32 Å². The van der Waals surface area contributed by atoms with Crippen molar-refractivity contribution < 1.29 is 4.79 Å². The normalized spacial score (nSPS) is 19.1. The number of nitrogens with zero attached hydrogens (tertiary/aromatic N) is 2. The van der Waals surface area contributed by atoms with Crippen molar-refractivity contribution in [2.45, 2.75) is 51.5 Å². The second kappa shape index (κ2) is 10.6. The molecule has 4 rings (SSSR count). The number of likely N-dealkylation sites (tertiary alicyclic amines) is 2. The fourth-order valence-electron chi connectivity index (χ4n) is 4.77. The molecule has 0 atom stereocenters. The fourth-order valence-corrected chi connectivity index (χ4v) is 5.65. The van der Waals surface area contributed by atoms with Crippen LogP contribution in [-0.4, -0.2) is 61.0 Å². The smallest absolute Gasteiger partial charge is 0.251 e. The summed E-state index contributed by atoms with van der Waals surface area (Å²) < 4.78 is 0. The third-order valence-electron chi connectivity index (χ3n) is 6.57. The molecule has 1 amide bonds. The lowest BCUT2D eigenvalue weighted by atomic mass is 10.00. The van der Waals surface area contributed by atoms with E-state index in [0.29, 0.717) is 0 Å². The minimum Gasteiger partial charge on any atom is -0.352 e. The Labute approximate surface area is 185 Å². The summed E-state index contributed by atoms with van der Waals surface area (Å²) in [5.74, 6) is 0.0349. The van der Waals surface area contributed by atoms with Crippen molar-refractivity contribution in [3.8, 4) is 10.4 Å². The number of piperidine rings is 2. The predicted molar refractivity (Wildman–Crippen MR) is 126 cm³/mol. The standard InChI is InChI=1S/C25H35N3OS/c1-20-6-11-24(30-20)21-7-9-22(10-8-21)25(29)26-14-5-15-27-18-12-23(13-19-27)28-16-3-2-4-17-28/h6-11,23H,2-5,12-19H2,1H3,(H,26,29). The number of hydrogen-bond donors (Lipinski definition) is 1. The maximum absolute atomic E-state index is 12.4. The molecule has 0 spiro atoms. The zero-order valence-corrected chi connectivity index (χ0v) is 19.1. The van der Waals surface area contributed by atoms with Crippen molar-refractivity contribution in [2.24, 2.45) is 0 Å². The maximum Gasteiger partial charge on any atom is 0.251 e.